The third kappa shape index (κ3) is 4.85. The lowest BCUT2D eigenvalue weighted by Gasteiger charge is -2.33. The normalized spacial score (nSPS) is 10.8. The van der Waals surface area contributed by atoms with Crippen molar-refractivity contribution in [2.24, 2.45) is 11.1 Å². The van der Waals surface area contributed by atoms with Crippen LogP contribution >= 0.6 is 12.4 Å². The molecule has 1 aromatic rings. The molecule has 1 rings (SSSR count). The van der Waals surface area contributed by atoms with Gasteiger partial charge in [-0.25, -0.2) is 4.39 Å². The zero-order chi connectivity index (χ0) is 15.9. The van der Waals surface area contributed by atoms with Gasteiger partial charge in [-0.2, -0.15) is 0 Å². The number of halogens is 2. The molecule has 0 heterocycles. The van der Waals surface area contributed by atoms with Crippen LogP contribution in [0.3, 0.4) is 0 Å². The van der Waals surface area contributed by atoms with Gasteiger partial charge in [-0.3, -0.25) is 4.79 Å². The monoisotopic (exact) mass is 332 g/mol. The van der Waals surface area contributed by atoms with Crippen molar-refractivity contribution in [3.8, 4) is 5.75 Å². The quantitative estimate of drug-likeness (QED) is 0.796. The standard InChI is InChI=1S/C16H25FN2O2.ClH/c1-4-16(5-2,12-18)15(20)19(3)10-11-21-14-9-7-6-8-13(14)17;/h6-9H,4-5,10-12,18H2,1-3H3;1H. The highest BCUT2D eigenvalue weighted by molar-refractivity contribution is 5.85. The van der Waals surface area contributed by atoms with Crippen LogP contribution in [-0.4, -0.2) is 37.6 Å². The van der Waals surface area contributed by atoms with Crippen LogP contribution in [0, 0.1) is 11.2 Å². The van der Waals surface area contributed by atoms with Crippen molar-refractivity contribution >= 4 is 18.3 Å². The van der Waals surface area contributed by atoms with E-state index in [1.807, 2.05) is 13.8 Å². The van der Waals surface area contributed by atoms with Gasteiger partial charge in [-0.05, 0) is 25.0 Å². The van der Waals surface area contributed by atoms with Gasteiger partial charge in [0.05, 0.1) is 12.0 Å². The van der Waals surface area contributed by atoms with Crippen molar-refractivity contribution < 1.29 is 13.9 Å². The van der Waals surface area contributed by atoms with E-state index < -0.39 is 11.2 Å². The predicted molar refractivity (Wildman–Crippen MR) is 88.8 cm³/mol. The van der Waals surface area contributed by atoms with Gasteiger partial charge in [-0.1, -0.05) is 26.0 Å². The fourth-order valence-electron chi connectivity index (χ4n) is 2.29. The molecular formula is C16H26ClFN2O2. The number of para-hydroxylation sites is 1. The molecule has 0 saturated heterocycles. The molecule has 22 heavy (non-hydrogen) atoms. The van der Waals surface area contributed by atoms with Crippen LogP contribution in [0.25, 0.3) is 0 Å². The van der Waals surface area contributed by atoms with Crippen LogP contribution in [0.5, 0.6) is 5.75 Å². The summed E-state index contributed by atoms with van der Waals surface area (Å²) in [6, 6.07) is 6.23. The summed E-state index contributed by atoms with van der Waals surface area (Å²) >= 11 is 0. The molecule has 0 unspecified atom stereocenters. The van der Waals surface area contributed by atoms with Crippen molar-refractivity contribution in [1.82, 2.24) is 4.90 Å². The predicted octanol–water partition coefficient (Wildman–Crippen LogP) is 2.85. The summed E-state index contributed by atoms with van der Waals surface area (Å²) in [4.78, 5) is 14.1. The Morgan fingerprint density at radius 1 is 1.32 bits per heavy atom. The number of hydrogen-bond donors (Lipinski definition) is 1. The second kappa shape index (κ2) is 9.64. The molecule has 1 aromatic carbocycles. The first-order chi connectivity index (χ1) is 10.0. The largest absolute Gasteiger partial charge is 0.489 e. The topological polar surface area (TPSA) is 55.6 Å². The number of amides is 1. The Labute approximate surface area is 138 Å². The number of benzene rings is 1. The molecule has 0 aliphatic heterocycles. The smallest absolute Gasteiger partial charge is 0.229 e. The molecule has 0 aromatic heterocycles. The maximum absolute atomic E-state index is 13.4. The molecule has 0 bridgehead atoms. The summed E-state index contributed by atoms with van der Waals surface area (Å²) in [6.45, 7) is 4.92. The number of rotatable bonds is 8. The van der Waals surface area contributed by atoms with Gasteiger partial charge in [0.2, 0.25) is 5.91 Å². The van der Waals surface area contributed by atoms with E-state index in [-0.39, 0.29) is 30.7 Å². The van der Waals surface area contributed by atoms with Gasteiger partial charge in [-0.15, -0.1) is 12.4 Å². The molecule has 0 atom stereocenters. The number of hydrogen-bond acceptors (Lipinski definition) is 3. The molecule has 0 radical (unpaired) electrons. The fourth-order valence-corrected chi connectivity index (χ4v) is 2.29. The minimum Gasteiger partial charge on any atom is -0.489 e. The van der Waals surface area contributed by atoms with Crippen molar-refractivity contribution in [2.45, 2.75) is 26.7 Å². The van der Waals surface area contributed by atoms with Gasteiger partial charge >= 0.3 is 0 Å². The number of ether oxygens (including phenoxy) is 1. The zero-order valence-electron chi connectivity index (χ0n) is 13.5. The zero-order valence-corrected chi connectivity index (χ0v) is 14.3. The van der Waals surface area contributed by atoms with E-state index in [2.05, 4.69) is 0 Å². The van der Waals surface area contributed by atoms with Crippen LogP contribution in [0.2, 0.25) is 0 Å². The molecule has 0 aliphatic rings. The van der Waals surface area contributed by atoms with Crippen LogP contribution in [0.1, 0.15) is 26.7 Å². The van der Waals surface area contributed by atoms with Crippen molar-refractivity contribution in [3.63, 3.8) is 0 Å². The lowest BCUT2D eigenvalue weighted by atomic mass is 9.81. The van der Waals surface area contributed by atoms with E-state index in [0.29, 0.717) is 25.9 Å². The molecule has 0 fully saturated rings. The first kappa shape index (κ1) is 20.7. The Bertz CT molecular complexity index is 459. The number of likely N-dealkylation sites (N-methyl/N-ethyl adjacent to an activating group) is 1. The summed E-state index contributed by atoms with van der Waals surface area (Å²) in [5.41, 5.74) is 5.27. The second-order valence-corrected chi connectivity index (χ2v) is 5.20. The van der Waals surface area contributed by atoms with E-state index in [1.165, 1.54) is 6.07 Å². The van der Waals surface area contributed by atoms with E-state index in [4.69, 9.17) is 10.5 Å². The van der Waals surface area contributed by atoms with Gasteiger partial charge in [0.1, 0.15) is 6.61 Å². The summed E-state index contributed by atoms with van der Waals surface area (Å²) in [6.07, 6.45) is 1.41. The first-order valence-corrected chi connectivity index (χ1v) is 7.33. The summed E-state index contributed by atoms with van der Waals surface area (Å²) < 4.78 is 18.8. The summed E-state index contributed by atoms with van der Waals surface area (Å²) in [7, 11) is 1.72. The fraction of sp³-hybridized carbons (Fsp3) is 0.562. The Morgan fingerprint density at radius 2 is 1.91 bits per heavy atom. The number of nitrogens with two attached hydrogens (primary N) is 1. The molecule has 0 saturated carbocycles. The molecule has 0 aliphatic carbocycles. The maximum atomic E-state index is 13.4. The van der Waals surface area contributed by atoms with Gasteiger partial charge in [0, 0.05) is 13.6 Å². The lowest BCUT2D eigenvalue weighted by Crippen LogP contribution is -2.47. The minimum absolute atomic E-state index is 0. The van der Waals surface area contributed by atoms with Crippen molar-refractivity contribution in [2.75, 3.05) is 26.7 Å². The first-order valence-electron chi connectivity index (χ1n) is 7.33. The SMILES string of the molecule is CCC(CC)(CN)C(=O)N(C)CCOc1ccccc1F.Cl. The highest BCUT2D eigenvalue weighted by Gasteiger charge is 2.35. The Balaban J connectivity index is 0.00000441. The lowest BCUT2D eigenvalue weighted by molar-refractivity contribution is -0.141. The molecule has 2 N–H and O–H groups in total. The third-order valence-electron chi connectivity index (χ3n) is 4.07. The highest BCUT2D eigenvalue weighted by atomic mass is 35.5. The van der Waals surface area contributed by atoms with Gasteiger partial charge < -0.3 is 15.4 Å². The molecular weight excluding hydrogens is 307 g/mol. The van der Waals surface area contributed by atoms with Crippen LogP contribution in [0.4, 0.5) is 4.39 Å². The average Bonchev–Trinajstić information content (AvgIpc) is 2.51. The van der Waals surface area contributed by atoms with E-state index in [9.17, 15) is 9.18 Å². The Morgan fingerprint density at radius 3 is 2.41 bits per heavy atom. The van der Waals surface area contributed by atoms with Crippen LogP contribution < -0.4 is 10.5 Å². The minimum atomic E-state index is -0.507. The number of nitrogens with zero attached hydrogens (tertiary/aromatic N) is 1. The maximum Gasteiger partial charge on any atom is 0.229 e. The van der Waals surface area contributed by atoms with Crippen molar-refractivity contribution in [3.05, 3.63) is 30.1 Å². The summed E-state index contributed by atoms with van der Waals surface area (Å²) in [5.74, 6) is -0.175. The van der Waals surface area contributed by atoms with E-state index in [1.54, 1.807) is 30.1 Å². The third-order valence-corrected chi connectivity index (χ3v) is 4.07. The Kier molecular flexibility index (Phi) is 9.06. The Hall–Kier alpha value is -1.33. The molecule has 0 spiro atoms. The summed E-state index contributed by atoms with van der Waals surface area (Å²) in [5, 5.41) is 0. The van der Waals surface area contributed by atoms with Crippen molar-refractivity contribution in [1.29, 1.82) is 0 Å². The van der Waals surface area contributed by atoms with Gasteiger partial charge in [0.15, 0.2) is 11.6 Å². The highest BCUT2D eigenvalue weighted by Crippen LogP contribution is 2.27. The van der Waals surface area contributed by atoms with E-state index >= 15 is 0 Å². The van der Waals surface area contributed by atoms with E-state index in [0.717, 1.165) is 0 Å². The molecule has 1 amide bonds. The average molecular weight is 333 g/mol. The molecule has 6 heteroatoms. The number of carbonyl (C=O) groups is 1. The van der Waals surface area contributed by atoms with Crippen LogP contribution in [0.15, 0.2) is 24.3 Å². The molecule has 4 nitrogen and oxygen atoms in total. The molecule has 126 valence electrons. The van der Waals surface area contributed by atoms with Crippen LogP contribution in [-0.2, 0) is 4.79 Å². The second-order valence-electron chi connectivity index (χ2n) is 5.20. The van der Waals surface area contributed by atoms with Gasteiger partial charge in [0.25, 0.3) is 0 Å². The number of carbonyl (C=O) groups excluding carboxylic acids is 1.